The summed E-state index contributed by atoms with van der Waals surface area (Å²) in [5, 5.41) is 2.98. The van der Waals surface area contributed by atoms with Crippen LogP contribution >= 0.6 is 22.6 Å². The molecule has 0 bridgehead atoms. The molecular weight excluding hydrogens is 451 g/mol. The largest absolute Gasteiger partial charge is 0.490 e. The van der Waals surface area contributed by atoms with Crippen LogP contribution in [0, 0.1) is 15.2 Å². The molecule has 0 fully saturated rings. The third-order valence-corrected chi connectivity index (χ3v) is 4.62. The van der Waals surface area contributed by atoms with Crippen molar-refractivity contribution >= 4 is 45.2 Å². The van der Waals surface area contributed by atoms with E-state index < -0.39 is 11.6 Å². The van der Waals surface area contributed by atoms with Gasteiger partial charge in [0.15, 0.2) is 0 Å². The molecule has 3 N–H and O–H groups in total. The number of fused-ring (bicyclic) bond motifs is 1. The highest BCUT2D eigenvalue weighted by Crippen LogP contribution is 2.42. The third-order valence-electron chi connectivity index (χ3n) is 3.95. The summed E-state index contributed by atoms with van der Waals surface area (Å²) in [5.74, 6) is -0.306. The zero-order chi connectivity index (χ0) is 18.8. The van der Waals surface area contributed by atoms with Crippen molar-refractivity contribution in [2.45, 2.75) is 0 Å². The Morgan fingerprint density at radius 3 is 2.69 bits per heavy atom. The summed E-state index contributed by atoms with van der Waals surface area (Å²) >= 11 is 2.03. The first-order chi connectivity index (χ1) is 12.4. The molecule has 4 nitrogen and oxygen atoms in total. The topological polar surface area (TPSA) is 50.5 Å². The predicted molar refractivity (Wildman–Crippen MR) is 109 cm³/mol. The van der Waals surface area contributed by atoms with Crippen molar-refractivity contribution in [2.75, 3.05) is 30.4 Å². The quantitative estimate of drug-likeness (QED) is 0.630. The molecule has 0 spiro atoms. The van der Waals surface area contributed by atoms with E-state index in [4.69, 9.17) is 10.5 Å². The van der Waals surface area contributed by atoms with Gasteiger partial charge < -0.3 is 20.7 Å². The molecule has 2 aromatic carbocycles. The van der Waals surface area contributed by atoms with E-state index in [1.807, 2.05) is 22.6 Å². The van der Waals surface area contributed by atoms with Gasteiger partial charge >= 0.3 is 0 Å². The molecule has 0 aromatic heterocycles. The Morgan fingerprint density at radius 2 is 2.00 bits per heavy atom. The Labute approximate surface area is 164 Å². The second-order valence-electron chi connectivity index (χ2n) is 5.82. The lowest BCUT2D eigenvalue weighted by atomic mass is 9.97. The van der Waals surface area contributed by atoms with Gasteiger partial charge in [-0.3, -0.25) is 0 Å². The number of hydrogen-bond acceptors (Lipinski definition) is 4. The molecule has 2 aromatic rings. The van der Waals surface area contributed by atoms with E-state index >= 15 is 0 Å². The van der Waals surface area contributed by atoms with E-state index in [0.29, 0.717) is 41.4 Å². The number of benzene rings is 2. The van der Waals surface area contributed by atoms with E-state index in [9.17, 15) is 8.78 Å². The Bertz CT molecular complexity index is 899. The number of nitrogens with zero attached hydrogens (tertiary/aromatic N) is 1. The Hall–Kier alpha value is -2.13. The lowest BCUT2D eigenvalue weighted by Crippen LogP contribution is -2.20. The monoisotopic (exact) mass is 469 g/mol. The first kappa shape index (κ1) is 18.7. The van der Waals surface area contributed by atoms with E-state index in [1.165, 1.54) is 18.2 Å². The summed E-state index contributed by atoms with van der Waals surface area (Å²) in [5.41, 5.74) is 8.03. The van der Waals surface area contributed by atoms with E-state index in [1.54, 1.807) is 30.3 Å². The van der Waals surface area contributed by atoms with Crippen molar-refractivity contribution in [1.82, 2.24) is 0 Å². The minimum Gasteiger partial charge on any atom is -0.490 e. The van der Waals surface area contributed by atoms with E-state index in [0.717, 1.165) is 3.57 Å². The maximum absolute atomic E-state index is 14.2. The summed E-state index contributed by atoms with van der Waals surface area (Å²) in [6.45, 7) is 4.78. The van der Waals surface area contributed by atoms with Gasteiger partial charge in [0.25, 0.3) is 0 Å². The molecule has 7 heteroatoms. The average Bonchev–Trinajstić information content (AvgIpc) is 2.59. The van der Waals surface area contributed by atoms with Crippen LogP contribution < -0.4 is 16.0 Å². The fraction of sp³-hybridized carbons (Fsp3) is 0.158. The van der Waals surface area contributed by atoms with Crippen LogP contribution in [-0.2, 0) is 4.74 Å². The minimum atomic E-state index is -0.434. The number of hydrogen-bond donors (Lipinski definition) is 2. The molecule has 1 heterocycles. The predicted octanol–water partition coefficient (Wildman–Crippen LogP) is 4.59. The first-order valence-corrected chi connectivity index (χ1v) is 9.01. The van der Waals surface area contributed by atoms with Gasteiger partial charge in [-0.05, 0) is 52.9 Å². The highest BCUT2D eigenvalue weighted by Gasteiger charge is 2.24. The molecule has 0 radical (unpaired) electrons. The summed E-state index contributed by atoms with van der Waals surface area (Å²) in [4.78, 5) is 1.74. The lowest BCUT2D eigenvalue weighted by molar-refractivity contribution is 0.236. The third kappa shape index (κ3) is 3.68. The first-order valence-electron chi connectivity index (χ1n) is 7.93. The second-order valence-corrected chi connectivity index (χ2v) is 7.06. The van der Waals surface area contributed by atoms with Gasteiger partial charge in [-0.25, -0.2) is 8.78 Å². The SMILES string of the molecule is C=C1C(OCCN)=CN(C)c2cc(F)cc(Nc3ccc(I)cc3F)c21. The van der Waals surface area contributed by atoms with Crippen LogP contribution in [-0.4, -0.2) is 20.2 Å². The molecule has 3 rings (SSSR count). The average molecular weight is 469 g/mol. The standard InChI is InChI=1S/C19H18F2IN3O/c1-11-18(26-6-5-23)10-25(2)17-8-12(20)7-16(19(11)17)24-15-4-3-13(22)9-14(15)21/h3-4,7-10,24H,1,5-6,23H2,2H3. The molecule has 0 aliphatic carbocycles. The van der Waals surface area contributed by atoms with Crippen molar-refractivity contribution in [2.24, 2.45) is 5.73 Å². The summed E-state index contributed by atoms with van der Waals surface area (Å²) < 4.78 is 34.8. The highest BCUT2D eigenvalue weighted by atomic mass is 127. The second kappa shape index (κ2) is 7.63. The van der Waals surface area contributed by atoms with Gasteiger partial charge in [-0.1, -0.05) is 6.58 Å². The van der Waals surface area contributed by atoms with Crippen LogP contribution in [0.1, 0.15) is 5.56 Å². The van der Waals surface area contributed by atoms with Crippen LogP contribution in [0.15, 0.2) is 48.9 Å². The Kier molecular flexibility index (Phi) is 5.47. The molecule has 1 aliphatic rings. The summed E-state index contributed by atoms with van der Waals surface area (Å²) in [6, 6.07) is 7.53. The maximum Gasteiger partial charge on any atom is 0.147 e. The molecule has 0 saturated carbocycles. The van der Waals surface area contributed by atoms with Gasteiger partial charge in [-0.2, -0.15) is 0 Å². The number of nitrogens with two attached hydrogens (primary N) is 1. The summed E-state index contributed by atoms with van der Waals surface area (Å²) in [6.07, 6.45) is 1.73. The van der Waals surface area contributed by atoms with Gasteiger partial charge in [0, 0.05) is 34.5 Å². The van der Waals surface area contributed by atoms with Crippen molar-refractivity contribution in [3.63, 3.8) is 0 Å². The molecule has 0 unspecified atom stereocenters. The maximum atomic E-state index is 14.2. The zero-order valence-electron chi connectivity index (χ0n) is 14.2. The Balaban J connectivity index is 2.05. The number of allylic oxidation sites excluding steroid dienone is 1. The molecule has 0 amide bonds. The number of halogens is 3. The molecule has 0 atom stereocenters. The number of anilines is 3. The zero-order valence-corrected chi connectivity index (χ0v) is 16.3. The van der Waals surface area contributed by atoms with Crippen LogP contribution in [0.4, 0.5) is 25.8 Å². The van der Waals surface area contributed by atoms with Crippen molar-refractivity contribution < 1.29 is 13.5 Å². The lowest BCUT2D eigenvalue weighted by Gasteiger charge is -2.29. The summed E-state index contributed by atoms with van der Waals surface area (Å²) in [7, 11) is 1.78. The van der Waals surface area contributed by atoms with Crippen LogP contribution in [0.5, 0.6) is 0 Å². The van der Waals surface area contributed by atoms with Gasteiger partial charge in [-0.15, -0.1) is 0 Å². The van der Waals surface area contributed by atoms with Crippen LogP contribution in [0.25, 0.3) is 5.57 Å². The molecule has 26 heavy (non-hydrogen) atoms. The minimum absolute atomic E-state index is 0.257. The smallest absolute Gasteiger partial charge is 0.147 e. The molecule has 0 saturated heterocycles. The van der Waals surface area contributed by atoms with E-state index in [2.05, 4.69) is 11.9 Å². The molecule has 1 aliphatic heterocycles. The fourth-order valence-electron chi connectivity index (χ4n) is 2.76. The molecular formula is C19H18F2IN3O. The van der Waals surface area contributed by atoms with Gasteiger partial charge in [0.1, 0.15) is 24.0 Å². The normalized spacial score (nSPS) is 13.3. The Morgan fingerprint density at radius 1 is 1.23 bits per heavy atom. The van der Waals surface area contributed by atoms with Gasteiger partial charge in [0.2, 0.25) is 0 Å². The van der Waals surface area contributed by atoms with Crippen molar-refractivity contribution in [1.29, 1.82) is 0 Å². The fourth-order valence-corrected chi connectivity index (χ4v) is 3.22. The number of ether oxygens (including phenoxy) is 1. The molecule has 136 valence electrons. The van der Waals surface area contributed by atoms with Crippen molar-refractivity contribution in [3.8, 4) is 0 Å². The van der Waals surface area contributed by atoms with Crippen LogP contribution in [0.2, 0.25) is 0 Å². The van der Waals surface area contributed by atoms with E-state index in [-0.39, 0.29) is 5.69 Å². The van der Waals surface area contributed by atoms with Gasteiger partial charge in [0.05, 0.1) is 17.1 Å². The van der Waals surface area contributed by atoms with Crippen LogP contribution in [0.3, 0.4) is 0 Å². The number of nitrogens with one attached hydrogen (secondary N) is 1. The van der Waals surface area contributed by atoms with Crippen molar-refractivity contribution in [3.05, 3.63) is 69.6 Å². The number of rotatable bonds is 5. The highest BCUT2D eigenvalue weighted by molar-refractivity contribution is 14.1.